The second-order valence-corrected chi connectivity index (χ2v) is 5.99. The van der Waals surface area contributed by atoms with Crippen LogP contribution in [0.2, 0.25) is 0 Å². The molecule has 1 aliphatic carbocycles. The highest BCUT2D eigenvalue weighted by Gasteiger charge is 2.18. The minimum absolute atomic E-state index is 0.579. The third kappa shape index (κ3) is 3.25. The Labute approximate surface area is 143 Å². The normalized spacial score (nSPS) is 16.5. The molecule has 0 saturated carbocycles. The maximum Gasteiger partial charge on any atom is 0.139 e. The number of anilines is 1. The maximum atomic E-state index is 4.75. The third-order valence-electron chi connectivity index (χ3n) is 4.19. The molecular weight excluding hydrogens is 294 g/mol. The van der Waals surface area contributed by atoms with Crippen LogP contribution in [-0.4, -0.2) is 9.55 Å². The van der Waals surface area contributed by atoms with Gasteiger partial charge in [-0.1, -0.05) is 68.6 Å². The summed E-state index contributed by atoms with van der Waals surface area (Å²) in [6.45, 7) is 10.7. The first-order valence-corrected chi connectivity index (χ1v) is 8.26. The molecule has 24 heavy (non-hydrogen) atoms. The lowest BCUT2D eigenvalue weighted by Gasteiger charge is -2.14. The Hall–Kier alpha value is -2.81. The SMILES string of the molecule is C=Cc1nc(C2=CCC(C)C=C2)c(NCc2ccccc2)n1C=C. The standard InChI is InChI=1S/C21H23N3/c1-4-19-23-20(18-13-11-16(3)12-14-18)21(24(19)5-2)22-15-17-9-7-6-8-10-17/h4-11,13-14,16,22H,1-2,12,15H2,3H3. The summed E-state index contributed by atoms with van der Waals surface area (Å²) in [6, 6.07) is 10.3. The van der Waals surface area contributed by atoms with E-state index in [1.54, 1.807) is 12.3 Å². The van der Waals surface area contributed by atoms with Crippen molar-refractivity contribution in [2.75, 3.05) is 5.32 Å². The van der Waals surface area contributed by atoms with Gasteiger partial charge < -0.3 is 5.32 Å². The zero-order valence-corrected chi connectivity index (χ0v) is 14.1. The lowest BCUT2D eigenvalue weighted by Crippen LogP contribution is -2.06. The van der Waals surface area contributed by atoms with Crippen LogP contribution in [-0.2, 0) is 6.54 Å². The molecule has 1 aromatic heterocycles. The Bertz CT molecular complexity index is 794. The zero-order chi connectivity index (χ0) is 16.9. The summed E-state index contributed by atoms with van der Waals surface area (Å²) in [5, 5.41) is 3.52. The number of benzene rings is 1. The molecule has 0 fully saturated rings. The lowest BCUT2D eigenvalue weighted by molar-refractivity contribution is 0.739. The Morgan fingerprint density at radius 1 is 1.29 bits per heavy atom. The van der Waals surface area contributed by atoms with Crippen molar-refractivity contribution in [3.05, 3.63) is 78.8 Å². The first-order valence-electron chi connectivity index (χ1n) is 8.26. The predicted molar refractivity (Wildman–Crippen MR) is 103 cm³/mol. The van der Waals surface area contributed by atoms with Crippen molar-refractivity contribution in [3.8, 4) is 0 Å². The molecule has 0 bridgehead atoms. The zero-order valence-electron chi connectivity index (χ0n) is 14.1. The van der Waals surface area contributed by atoms with Crippen molar-refractivity contribution in [2.24, 2.45) is 5.92 Å². The summed E-state index contributed by atoms with van der Waals surface area (Å²) in [7, 11) is 0. The second-order valence-electron chi connectivity index (χ2n) is 5.99. The summed E-state index contributed by atoms with van der Waals surface area (Å²) < 4.78 is 1.96. The molecule has 2 aromatic rings. The molecule has 3 heteroatoms. The van der Waals surface area contributed by atoms with Gasteiger partial charge in [0.2, 0.25) is 0 Å². The highest BCUT2D eigenvalue weighted by atomic mass is 15.2. The molecule has 1 aromatic carbocycles. The number of rotatable bonds is 6. The maximum absolute atomic E-state index is 4.75. The number of hydrogen-bond donors (Lipinski definition) is 1. The van der Waals surface area contributed by atoms with Crippen molar-refractivity contribution in [1.29, 1.82) is 0 Å². The fraction of sp³-hybridized carbons (Fsp3) is 0.190. The summed E-state index contributed by atoms with van der Waals surface area (Å²) >= 11 is 0. The van der Waals surface area contributed by atoms with E-state index in [-0.39, 0.29) is 0 Å². The van der Waals surface area contributed by atoms with Crippen LogP contribution in [0.15, 0.2) is 61.7 Å². The van der Waals surface area contributed by atoms with Crippen molar-refractivity contribution >= 4 is 23.7 Å². The molecule has 122 valence electrons. The fourth-order valence-electron chi connectivity index (χ4n) is 2.83. The molecule has 3 nitrogen and oxygen atoms in total. The Balaban J connectivity index is 1.96. The average molecular weight is 317 g/mol. The minimum atomic E-state index is 0.579. The van der Waals surface area contributed by atoms with Gasteiger partial charge in [-0.3, -0.25) is 4.57 Å². The van der Waals surface area contributed by atoms with Gasteiger partial charge in [-0.2, -0.15) is 0 Å². The Morgan fingerprint density at radius 3 is 2.71 bits per heavy atom. The van der Waals surface area contributed by atoms with Crippen molar-refractivity contribution in [1.82, 2.24) is 9.55 Å². The van der Waals surface area contributed by atoms with E-state index in [0.717, 1.165) is 35.9 Å². The fourth-order valence-corrected chi connectivity index (χ4v) is 2.83. The third-order valence-corrected chi connectivity index (χ3v) is 4.19. The molecule has 1 unspecified atom stereocenters. The van der Waals surface area contributed by atoms with Gasteiger partial charge in [0.1, 0.15) is 17.3 Å². The van der Waals surface area contributed by atoms with Gasteiger partial charge in [-0.15, -0.1) is 0 Å². The van der Waals surface area contributed by atoms with Crippen molar-refractivity contribution in [3.63, 3.8) is 0 Å². The number of hydrogen-bond acceptors (Lipinski definition) is 2. The number of imidazole rings is 1. The van der Waals surface area contributed by atoms with Crippen LogP contribution in [0.4, 0.5) is 5.82 Å². The first-order chi connectivity index (χ1) is 11.7. The molecule has 1 N–H and O–H groups in total. The number of nitrogens with zero attached hydrogens (tertiary/aromatic N) is 2. The first kappa shape index (κ1) is 16.1. The van der Waals surface area contributed by atoms with E-state index in [4.69, 9.17) is 4.98 Å². The van der Waals surface area contributed by atoms with Crippen LogP contribution in [0.5, 0.6) is 0 Å². The van der Waals surface area contributed by atoms with Crippen LogP contribution >= 0.6 is 0 Å². The van der Waals surface area contributed by atoms with E-state index in [0.29, 0.717) is 5.92 Å². The monoisotopic (exact) mass is 317 g/mol. The second kappa shape index (κ2) is 7.18. The van der Waals surface area contributed by atoms with Gasteiger partial charge in [0.25, 0.3) is 0 Å². The predicted octanol–water partition coefficient (Wildman–Crippen LogP) is 5.22. The van der Waals surface area contributed by atoms with E-state index in [1.807, 2.05) is 22.8 Å². The van der Waals surface area contributed by atoms with Crippen LogP contribution in [0.25, 0.3) is 17.8 Å². The quantitative estimate of drug-likeness (QED) is 0.791. The molecule has 0 aliphatic heterocycles. The molecule has 1 atom stereocenters. The molecule has 0 saturated heterocycles. The molecular formula is C21H23N3. The number of allylic oxidation sites excluding steroid dienone is 4. The van der Waals surface area contributed by atoms with E-state index < -0.39 is 0 Å². The summed E-state index contributed by atoms with van der Waals surface area (Å²) in [5.74, 6) is 2.33. The van der Waals surface area contributed by atoms with E-state index >= 15 is 0 Å². The topological polar surface area (TPSA) is 29.9 Å². The van der Waals surface area contributed by atoms with Gasteiger partial charge in [-0.05, 0) is 29.6 Å². The molecule has 1 aliphatic rings. The Kier molecular flexibility index (Phi) is 4.80. The van der Waals surface area contributed by atoms with Crippen molar-refractivity contribution < 1.29 is 0 Å². The van der Waals surface area contributed by atoms with Gasteiger partial charge >= 0.3 is 0 Å². The summed E-state index contributed by atoms with van der Waals surface area (Å²) in [5.41, 5.74) is 3.32. The van der Waals surface area contributed by atoms with E-state index in [9.17, 15) is 0 Å². The van der Waals surface area contributed by atoms with Gasteiger partial charge in [-0.25, -0.2) is 4.98 Å². The number of nitrogens with one attached hydrogen (secondary N) is 1. The van der Waals surface area contributed by atoms with Gasteiger partial charge in [0, 0.05) is 12.7 Å². The minimum Gasteiger partial charge on any atom is -0.365 e. The van der Waals surface area contributed by atoms with Crippen LogP contribution < -0.4 is 5.32 Å². The van der Waals surface area contributed by atoms with Crippen LogP contribution in [0.3, 0.4) is 0 Å². The largest absolute Gasteiger partial charge is 0.365 e. The van der Waals surface area contributed by atoms with Crippen molar-refractivity contribution in [2.45, 2.75) is 19.9 Å². The molecule has 1 heterocycles. The van der Waals surface area contributed by atoms with E-state index in [1.165, 1.54) is 5.56 Å². The van der Waals surface area contributed by atoms with Gasteiger partial charge in [0.05, 0.1) is 0 Å². The molecule has 3 rings (SSSR count). The molecule has 0 radical (unpaired) electrons. The highest BCUT2D eigenvalue weighted by Crippen LogP contribution is 2.31. The van der Waals surface area contributed by atoms with Crippen LogP contribution in [0, 0.1) is 5.92 Å². The summed E-state index contributed by atoms with van der Waals surface area (Å²) in [4.78, 5) is 4.75. The van der Waals surface area contributed by atoms with E-state index in [2.05, 4.69) is 55.8 Å². The molecule has 0 amide bonds. The summed E-state index contributed by atoms with van der Waals surface area (Å²) in [6.07, 6.45) is 11.2. The lowest BCUT2D eigenvalue weighted by atomic mass is 9.97. The molecule has 0 spiro atoms. The van der Waals surface area contributed by atoms with Gasteiger partial charge in [0.15, 0.2) is 0 Å². The average Bonchev–Trinajstić information content (AvgIpc) is 2.99. The Morgan fingerprint density at radius 2 is 2.08 bits per heavy atom. The van der Waals surface area contributed by atoms with Crippen LogP contribution in [0.1, 0.15) is 30.4 Å². The smallest absolute Gasteiger partial charge is 0.139 e. The highest BCUT2D eigenvalue weighted by molar-refractivity contribution is 5.81. The number of aromatic nitrogens is 2.